The van der Waals surface area contributed by atoms with Gasteiger partial charge in [0.25, 0.3) is 0 Å². The largest absolute Gasteiger partial charge is 0.359 e. The van der Waals surface area contributed by atoms with Crippen LogP contribution in [0.15, 0.2) is 18.3 Å². The first-order valence-electron chi connectivity index (χ1n) is 6.06. The lowest BCUT2D eigenvalue weighted by atomic mass is 10.1. The van der Waals surface area contributed by atoms with Crippen molar-refractivity contribution in [3.8, 4) is 0 Å². The number of carbonyl (C=O) groups is 1. The molecule has 0 radical (unpaired) electrons. The third-order valence-electron chi connectivity index (χ3n) is 2.98. The van der Waals surface area contributed by atoms with Crippen molar-refractivity contribution in [2.45, 2.75) is 27.2 Å². The zero-order valence-electron chi connectivity index (χ0n) is 10.5. The molecular weight excluding hydrogens is 200 g/mol. The van der Waals surface area contributed by atoms with Crippen molar-refractivity contribution < 1.29 is 4.79 Å². The summed E-state index contributed by atoms with van der Waals surface area (Å²) in [7, 11) is 0. The number of nitrogens with one attached hydrogen (secondary N) is 1. The number of ketones is 1. The molecular formula is C13H22N2O. The summed E-state index contributed by atoms with van der Waals surface area (Å²) in [5, 5.41) is 0. The highest BCUT2D eigenvalue weighted by Gasteiger charge is 2.13. The highest BCUT2D eigenvalue weighted by molar-refractivity contribution is 5.95. The summed E-state index contributed by atoms with van der Waals surface area (Å²) >= 11 is 0. The number of hydrogen-bond donors (Lipinski definition) is 1. The number of hydrogen-bond acceptors (Lipinski definition) is 2. The molecule has 3 heteroatoms. The second-order valence-electron chi connectivity index (χ2n) is 4.35. The zero-order chi connectivity index (χ0) is 12.0. The van der Waals surface area contributed by atoms with Crippen LogP contribution >= 0.6 is 0 Å². The summed E-state index contributed by atoms with van der Waals surface area (Å²) in [4.78, 5) is 17.0. The van der Waals surface area contributed by atoms with Crippen LogP contribution in [0.1, 0.15) is 37.7 Å². The lowest BCUT2D eigenvalue weighted by Crippen LogP contribution is -2.33. The molecule has 1 atom stereocenters. The number of aromatic nitrogens is 1. The fourth-order valence-electron chi connectivity index (χ4n) is 1.67. The molecule has 90 valence electrons. The Morgan fingerprint density at radius 3 is 2.75 bits per heavy atom. The SMILES string of the molecule is CCC(C)CN(CC)CC(=O)c1ccc[nH]1. The summed E-state index contributed by atoms with van der Waals surface area (Å²) in [6.45, 7) is 8.95. The van der Waals surface area contributed by atoms with E-state index in [9.17, 15) is 4.79 Å². The van der Waals surface area contributed by atoms with Crippen LogP contribution in [0.5, 0.6) is 0 Å². The Bertz CT molecular complexity index is 306. The predicted molar refractivity (Wildman–Crippen MR) is 66.7 cm³/mol. The Labute approximate surface area is 97.8 Å². The van der Waals surface area contributed by atoms with E-state index in [0.29, 0.717) is 18.2 Å². The molecule has 0 aliphatic carbocycles. The number of carbonyl (C=O) groups excluding carboxylic acids is 1. The number of likely N-dealkylation sites (N-methyl/N-ethyl adjacent to an activating group) is 1. The van der Waals surface area contributed by atoms with Gasteiger partial charge in [-0.3, -0.25) is 9.69 Å². The number of nitrogens with zero attached hydrogens (tertiary/aromatic N) is 1. The number of Topliss-reactive ketones (excluding diaryl/α,β-unsaturated/α-hetero) is 1. The van der Waals surface area contributed by atoms with Crippen molar-refractivity contribution in [1.82, 2.24) is 9.88 Å². The molecule has 0 aromatic carbocycles. The molecule has 0 amide bonds. The summed E-state index contributed by atoms with van der Waals surface area (Å²) in [6, 6.07) is 3.69. The summed E-state index contributed by atoms with van der Waals surface area (Å²) in [6.07, 6.45) is 2.95. The van der Waals surface area contributed by atoms with Gasteiger partial charge in [-0.25, -0.2) is 0 Å². The molecule has 0 aliphatic rings. The molecule has 0 saturated carbocycles. The van der Waals surface area contributed by atoms with Crippen LogP contribution in [-0.4, -0.2) is 35.3 Å². The summed E-state index contributed by atoms with van der Waals surface area (Å²) < 4.78 is 0. The first-order chi connectivity index (χ1) is 7.67. The van der Waals surface area contributed by atoms with Crippen molar-refractivity contribution in [3.05, 3.63) is 24.0 Å². The molecule has 0 spiro atoms. The lowest BCUT2D eigenvalue weighted by Gasteiger charge is -2.22. The van der Waals surface area contributed by atoms with Crippen LogP contribution in [0, 0.1) is 5.92 Å². The average molecular weight is 222 g/mol. The van der Waals surface area contributed by atoms with Gasteiger partial charge in [0.15, 0.2) is 5.78 Å². The minimum absolute atomic E-state index is 0.176. The molecule has 0 aliphatic heterocycles. The molecule has 0 bridgehead atoms. The van der Waals surface area contributed by atoms with E-state index in [-0.39, 0.29) is 5.78 Å². The molecule has 16 heavy (non-hydrogen) atoms. The third-order valence-corrected chi connectivity index (χ3v) is 2.98. The van der Waals surface area contributed by atoms with Gasteiger partial charge in [0, 0.05) is 12.7 Å². The second kappa shape index (κ2) is 6.48. The van der Waals surface area contributed by atoms with E-state index < -0.39 is 0 Å². The highest BCUT2D eigenvalue weighted by Crippen LogP contribution is 2.05. The van der Waals surface area contributed by atoms with Crippen LogP contribution < -0.4 is 0 Å². The van der Waals surface area contributed by atoms with Gasteiger partial charge in [-0.05, 0) is 24.6 Å². The topological polar surface area (TPSA) is 36.1 Å². The van der Waals surface area contributed by atoms with Gasteiger partial charge in [-0.1, -0.05) is 27.2 Å². The standard InChI is InChI=1S/C13H22N2O/c1-4-11(3)9-15(5-2)10-13(16)12-7-6-8-14-12/h6-8,11,14H,4-5,9-10H2,1-3H3. The van der Waals surface area contributed by atoms with Crippen molar-refractivity contribution in [2.24, 2.45) is 5.92 Å². The fraction of sp³-hybridized carbons (Fsp3) is 0.615. The molecule has 0 saturated heterocycles. The predicted octanol–water partition coefficient (Wildman–Crippen LogP) is 2.57. The van der Waals surface area contributed by atoms with Crippen LogP contribution in [0.25, 0.3) is 0 Å². The molecule has 1 N–H and O–H groups in total. The fourth-order valence-corrected chi connectivity index (χ4v) is 1.67. The second-order valence-corrected chi connectivity index (χ2v) is 4.35. The van der Waals surface area contributed by atoms with E-state index in [2.05, 4.69) is 30.7 Å². The van der Waals surface area contributed by atoms with E-state index in [1.807, 2.05) is 12.1 Å². The quantitative estimate of drug-likeness (QED) is 0.720. The molecule has 1 aromatic heterocycles. The maximum Gasteiger partial charge on any atom is 0.192 e. The van der Waals surface area contributed by atoms with Crippen LogP contribution in [0.4, 0.5) is 0 Å². The van der Waals surface area contributed by atoms with Gasteiger partial charge < -0.3 is 4.98 Å². The van der Waals surface area contributed by atoms with Gasteiger partial charge in [0.1, 0.15) is 0 Å². The van der Waals surface area contributed by atoms with Gasteiger partial charge in [0.2, 0.25) is 0 Å². The zero-order valence-corrected chi connectivity index (χ0v) is 10.5. The Balaban J connectivity index is 2.47. The maximum absolute atomic E-state index is 11.9. The summed E-state index contributed by atoms with van der Waals surface area (Å²) in [5.74, 6) is 0.826. The van der Waals surface area contributed by atoms with Gasteiger partial charge >= 0.3 is 0 Å². The normalized spacial score (nSPS) is 13.0. The molecule has 0 fully saturated rings. The number of rotatable bonds is 7. The minimum atomic E-state index is 0.176. The van der Waals surface area contributed by atoms with Gasteiger partial charge in [-0.2, -0.15) is 0 Å². The van der Waals surface area contributed by atoms with Crippen molar-refractivity contribution in [1.29, 1.82) is 0 Å². The first kappa shape index (κ1) is 13.0. The van der Waals surface area contributed by atoms with Crippen LogP contribution in [-0.2, 0) is 0 Å². The Morgan fingerprint density at radius 2 is 2.25 bits per heavy atom. The Morgan fingerprint density at radius 1 is 1.50 bits per heavy atom. The average Bonchev–Trinajstić information content (AvgIpc) is 2.81. The molecule has 1 rings (SSSR count). The van der Waals surface area contributed by atoms with Crippen LogP contribution in [0.3, 0.4) is 0 Å². The smallest absolute Gasteiger partial charge is 0.192 e. The van der Waals surface area contributed by atoms with Gasteiger partial charge in [0.05, 0.1) is 12.2 Å². The molecule has 1 unspecified atom stereocenters. The molecule has 3 nitrogen and oxygen atoms in total. The van der Waals surface area contributed by atoms with E-state index in [4.69, 9.17) is 0 Å². The summed E-state index contributed by atoms with van der Waals surface area (Å²) in [5.41, 5.74) is 0.711. The Kier molecular flexibility index (Phi) is 5.26. The van der Waals surface area contributed by atoms with Crippen molar-refractivity contribution >= 4 is 5.78 Å². The van der Waals surface area contributed by atoms with Crippen LogP contribution in [0.2, 0.25) is 0 Å². The van der Waals surface area contributed by atoms with Crippen molar-refractivity contribution in [2.75, 3.05) is 19.6 Å². The van der Waals surface area contributed by atoms with E-state index in [1.165, 1.54) is 0 Å². The number of H-pyrrole nitrogens is 1. The van der Waals surface area contributed by atoms with E-state index in [1.54, 1.807) is 6.20 Å². The Hall–Kier alpha value is -1.09. The van der Waals surface area contributed by atoms with Crippen molar-refractivity contribution in [3.63, 3.8) is 0 Å². The van der Waals surface area contributed by atoms with E-state index in [0.717, 1.165) is 19.5 Å². The minimum Gasteiger partial charge on any atom is -0.359 e. The highest BCUT2D eigenvalue weighted by atomic mass is 16.1. The third kappa shape index (κ3) is 3.81. The van der Waals surface area contributed by atoms with Gasteiger partial charge in [-0.15, -0.1) is 0 Å². The van der Waals surface area contributed by atoms with E-state index >= 15 is 0 Å². The maximum atomic E-state index is 11.9. The molecule has 1 heterocycles. The molecule has 1 aromatic rings. The monoisotopic (exact) mass is 222 g/mol. The number of aromatic amines is 1. The lowest BCUT2D eigenvalue weighted by molar-refractivity contribution is 0.0919. The first-order valence-corrected chi connectivity index (χ1v) is 6.06.